The van der Waals surface area contributed by atoms with E-state index in [0.29, 0.717) is 22.1 Å². The fourth-order valence-electron chi connectivity index (χ4n) is 2.19. The average molecular weight is 403 g/mol. The van der Waals surface area contributed by atoms with Gasteiger partial charge >= 0.3 is 11.8 Å². The van der Waals surface area contributed by atoms with E-state index in [1.54, 1.807) is 37.3 Å². The van der Waals surface area contributed by atoms with Crippen molar-refractivity contribution >= 4 is 52.3 Å². The van der Waals surface area contributed by atoms with E-state index < -0.39 is 17.7 Å². The largest absolute Gasteiger partial charge is 0.339 e. The van der Waals surface area contributed by atoms with Gasteiger partial charge in [0.2, 0.25) is 11.8 Å². The van der Waals surface area contributed by atoms with Crippen molar-refractivity contribution in [1.29, 1.82) is 0 Å². The Hall–Kier alpha value is -3.39. The van der Waals surface area contributed by atoms with E-state index in [1.165, 1.54) is 19.1 Å². The Balaban J connectivity index is 1.83. The zero-order valence-electron chi connectivity index (χ0n) is 15.3. The van der Waals surface area contributed by atoms with E-state index in [9.17, 15) is 19.2 Å². The van der Waals surface area contributed by atoms with Crippen molar-refractivity contribution in [2.75, 3.05) is 22.5 Å². The van der Waals surface area contributed by atoms with Gasteiger partial charge < -0.3 is 21.3 Å². The maximum atomic E-state index is 12.0. The van der Waals surface area contributed by atoms with Gasteiger partial charge in [0.1, 0.15) is 0 Å². The van der Waals surface area contributed by atoms with Crippen molar-refractivity contribution in [2.24, 2.45) is 0 Å². The Morgan fingerprint density at radius 3 is 2.07 bits per heavy atom. The summed E-state index contributed by atoms with van der Waals surface area (Å²) in [6.07, 6.45) is 0. The van der Waals surface area contributed by atoms with Gasteiger partial charge in [0, 0.05) is 29.0 Å². The highest BCUT2D eigenvalue weighted by atomic mass is 35.5. The predicted octanol–water partition coefficient (Wildman–Crippen LogP) is 2.30. The van der Waals surface area contributed by atoms with E-state index >= 15 is 0 Å². The molecule has 2 aromatic carbocycles. The monoisotopic (exact) mass is 402 g/mol. The topological polar surface area (TPSA) is 116 Å². The smallest absolute Gasteiger partial charge is 0.313 e. The standard InChI is InChI=1S/C19H19ClN4O4/c1-11-3-4-13(20)9-16(11)24-17(26)10-21-18(27)19(28)23-15-7-5-14(6-8-15)22-12(2)25/h3-9H,10H2,1-2H3,(H,21,27)(H,22,25)(H,23,28)(H,24,26). The minimum absolute atomic E-state index is 0.220. The number of rotatable bonds is 5. The van der Waals surface area contributed by atoms with Crippen LogP contribution in [0.1, 0.15) is 12.5 Å². The molecule has 0 radical (unpaired) electrons. The van der Waals surface area contributed by atoms with Crippen molar-refractivity contribution in [1.82, 2.24) is 5.32 Å². The van der Waals surface area contributed by atoms with Gasteiger partial charge in [-0.2, -0.15) is 0 Å². The average Bonchev–Trinajstić information content (AvgIpc) is 2.64. The number of benzene rings is 2. The lowest BCUT2D eigenvalue weighted by Gasteiger charge is -2.10. The first-order valence-corrected chi connectivity index (χ1v) is 8.65. The van der Waals surface area contributed by atoms with Crippen LogP contribution in [-0.2, 0) is 19.2 Å². The van der Waals surface area contributed by atoms with Gasteiger partial charge in [-0.3, -0.25) is 19.2 Å². The molecule has 0 spiro atoms. The summed E-state index contributed by atoms with van der Waals surface area (Å²) in [6, 6.07) is 11.3. The van der Waals surface area contributed by atoms with Crippen LogP contribution in [0.25, 0.3) is 0 Å². The first-order valence-electron chi connectivity index (χ1n) is 8.27. The van der Waals surface area contributed by atoms with E-state index in [4.69, 9.17) is 11.6 Å². The fraction of sp³-hybridized carbons (Fsp3) is 0.158. The van der Waals surface area contributed by atoms with Crippen molar-refractivity contribution < 1.29 is 19.2 Å². The second-order valence-electron chi connectivity index (χ2n) is 5.90. The predicted molar refractivity (Wildman–Crippen MR) is 107 cm³/mol. The third-order valence-corrected chi connectivity index (χ3v) is 3.79. The first-order chi connectivity index (χ1) is 13.2. The Morgan fingerprint density at radius 2 is 1.46 bits per heavy atom. The van der Waals surface area contributed by atoms with Crippen LogP contribution in [0.2, 0.25) is 5.02 Å². The number of nitrogens with one attached hydrogen (secondary N) is 4. The van der Waals surface area contributed by atoms with Crippen LogP contribution >= 0.6 is 11.6 Å². The third kappa shape index (κ3) is 6.40. The molecule has 9 heteroatoms. The quantitative estimate of drug-likeness (QED) is 0.574. The molecule has 0 heterocycles. The summed E-state index contributed by atoms with van der Waals surface area (Å²) in [5, 5.41) is 10.3. The minimum atomic E-state index is -0.955. The summed E-state index contributed by atoms with van der Waals surface area (Å²) < 4.78 is 0. The van der Waals surface area contributed by atoms with Crippen LogP contribution in [0.15, 0.2) is 42.5 Å². The van der Waals surface area contributed by atoms with Crippen LogP contribution in [0.5, 0.6) is 0 Å². The van der Waals surface area contributed by atoms with Gasteiger partial charge in [0.05, 0.1) is 6.54 Å². The summed E-state index contributed by atoms with van der Waals surface area (Å²) in [6.45, 7) is 2.80. The number of halogens is 1. The maximum absolute atomic E-state index is 12.0. The summed E-state index contributed by atoms with van der Waals surface area (Å²) in [7, 11) is 0. The van der Waals surface area contributed by atoms with E-state index in [0.717, 1.165) is 5.56 Å². The van der Waals surface area contributed by atoms with Gasteiger partial charge in [0.25, 0.3) is 0 Å². The molecule has 2 aromatic rings. The summed E-state index contributed by atoms with van der Waals surface area (Å²) in [5.41, 5.74) is 2.26. The maximum Gasteiger partial charge on any atom is 0.313 e. The van der Waals surface area contributed by atoms with Gasteiger partial charge in [-0.25, -0.2) is 0 Å². The molecule has 0 saturated carbocycles. The summed E-state index contributed by atoms with van der Waals surface area (Å²) >= 11 is 5.89. The molecule has 146 valence electrons. The molecule has 0 fully saturated rings. The SMILES string of the molecule is CC(=O)Nc1ccc(NC(=O)C(=O)NCC(=O)Nc2cc(Cl)ccc2C)cc1. The third-order valence-electron chi connectivity index (χ3n) is 3.55. The highest BCUT2D eigenvalue weighted by Gasteiger charge is 2.15. The van der Waals surface area contributed by atoms with E-state index in [-0.39, 0.29) is 12.5 Å². The van der Waals surface area contributed by atoms with Gasteiger partial charge in [-0.1, -0.05) is 17.7 Å². The Morgan fingerprint density at radius 1 is 0.857 bits per heavy atom. The lowest BCUT2D eigenvalue weighted by molar-refractivity contribution is -0.136. The van der Waals surface area contributed by atoms with Crippen LogP contribution in [0.3, 0.4) is 0 Å². The molecule has 4 N–H and O–H groups in total. The van der Waals surface area contributed by atoms with Gasteiger partial charge in [-0.15, -0.1) is 0 Å². The molecular formula is C19H19ClN4O4. The molecule has 0 bridgehead atoms. The van der Waals surface area contributed by atoms with Crippen molar-refractivity contribution in [3.63, 3.8) is 0 Å². The Kier molecular flexibility index (Phi) is 7.11. The fourth-order valence-corrected chi connectivity index (χ4v) is 2.36. The number of carbonyl (C=O) groups excluding carboxylic acids is 4. The number of amides is 4. The normalized spacial score (nSPS) is 9.96. The molecule has 4 amide bonds. The lowest BCUT2D eigenvalue weighted by atomic mass is 10.2. The van der Waals surface area contributed by atoms with Crippen molar-refractivity contribution in [3.8, 4) is 0 Å². The molecule has 8 nitrogen and oxygen atoms in total. The number of carbonyl (C=O) groups is 4. The van der Waals surface area contributed by atoms with E-state index in [2.05, 4.69) is 21.3 Å². The van der Waals surface area contributed by atoms with Gasteiger partial charge in [0.15, 0.2) is 0 Å². The second-order valence-corrected chi connectivity index (χ2v) is 6.34. The first kappa shape index (κ1) is 20.9. The molecule has 0 aromatic heterocycles. The molecule has 2 rings (SSSR count). The Labute approximate surface area is 166 Å². The molecule has 0 saturated heterocycles. The second kappa shape index (κ2) is 9.52. The summed E-state index contributed by atoms with van der Waals surface area (Å²) in [5.74, 6) is -2.59. The number of hydrogen-bond acceptors (Lipinski definition) is 4. The zero-order chi connectivity index (χ0) is 20.7. The van der Waals surface area contributed by atoms with Crippen LogP contribution in [0, 0.1) is 6.92 Å². The van der Waals surface area contributed by atoms with Gasteiger partial charge in [-0.05, 0) is 48.9 Å². The summed E-state index contributed by atoms with van der Waals surface area (Å²) in [4.78, 5) is 46.7. The number of hydrogen-bond donors (Lipinski definition) is 4. The molecule has 0 atom stereocenters. The highest BCUT2D eigenvalue weighted by Crippen LogP contribution is 2.19. The van der Waals surface area contributed by atoms with Crippen molar-refractivity contribution in [3.05, 3.63) is 53.1 Å². The van der Waals surface area contributed by atoms with Crippen LogP contribution in [0.4, 0.5) is 17.1 Å². The van der Waals surface area contributed by atoms with Crippen LogP contribution in [-0.4, -0.2) is 30.2 Å². The lowest BCUT2D eigenvalue weighted by Crippen LogP contribution is -2.39. The highest BCUT2D eigenvalue weighted by molar-refractivity contribution is 6.40. The molecular weight excluding hydrogens is 384 g/mol. The molecule has 0 unspecified atom stereocenters. The number of anilines is 3. The minimum Gasteiger partial charge on any atom is -0.339 e. The van der Waals surface area contributed by atoms with E-state index in [1.807, 2.05) is 0 Å². The molecule has 28 heavy (non-hydrogen) atoms. The molecule has 0 aliphatic heterocycles. The number of aryl methyl sites for hydroxylation is 1. The zero-order valence-corrected chi connectivity index (χ0v) is 16.0. The molecule has 0 aliphatic carbocycles. The van der Waals surface area contributed by atoms with Crippen molar-refractivity contribution in [2.45, 2.75) is 13.8 Å². The Bertz CT molecular complexity index is 913. The molecule has 0 aliphatic rings. The van der Waals surface area contributed by atoms with Crippen LogP contribution < -0.4 is 21.3 Å².